The van der Waals surface area contributed by atoms with Crippen LogP contribution in [-0.4, -0.2) is 27.5 Å². The average Bonchev–Trinajstić information content (AvgIpc) is 3.16. The number of nitrogens with one attached hydrogen (secondary N) is 2. The van der Waals surface area contributed by atoms with Crippen LogP contribution in [0.4, 0.5) is 5.69 Å². The van der Waals surface area contributed by atoms with E-state index < -0.39 is 10.0 Å². The number of methoxy groups -OCH3 is 1. The summed E-state index contributed by atoms with van der Waals surface area (Å²) in [7, 11) is -2.53. The second-order valence-corrected chi connectivity index (χ2v) is 9.00. The summed E-state index contributed by atoms with van der Waals surface area (Å²) in [6.45, 7) is 0. The summed E-state index contributed by atoms with van der Waals surface area (Å²) in [4.78, 5) is 12.4. The molecule has 2 aromatic carbocycles. The molecule has 1 aliphatic carbocycles. The van der Waals surface area contributed by atoms with E-state index in [4.69, 9.17) is 4.74 Å². The molecule has 8 heteroatoms. The van der Waals surface area contributed by atoms with Crippen LogP contribution in [0.15, 0.2) is 51.8 Å². The molecule has 1 fully saturated rings. The average molecular weight is 453 g/mol. The van der Waals surface area contributed by atoms with Gasteiger partial charge >= 0.3 is 0 Å². The lowest BCUT2D eigenvalue weighted by Gasteiger charge is -2.15. The number of ether oxygens (including phenoxy) is 1. The molecular weight excluding hydrogens is 432 g/mol. The number of amides is 1. The number of rotatable bonds is 6. The fourth-order valence-electron chi connectivity index (χ4n) is 3.09. The number of sulfonamides is 1. The largest absolute Gasteiger partial charge is 0.495 e. The Labute approximate surface area is 167 Å². The maximum Gasteiger partial charge on any atom is 0.265 e. The van der Waals surface area contributed by atoms with Crippen molar-refractivity contribution in [2.45, 2.75) is 36.6 Å². The monoisotopic (exact) mass is 452 g/mol. The minimum Gasteiger partial charge on any atom is -0.495 e. The summed E-state index contributed by atoms with van der Waals surface area (Å²) < 4.78 is 34.3. The fourth-order valence-corrected chi connectivity index (χ4v) is 4.61. The van der Waals surface area contributed by atoms with Gasteiger partial charge in [-0.15, -0.1) is 0 Å². The third kappa shape index (κ3) is 4.81. The Bertz CT molecular complexity index is 923. The van der Waals surface area contributed by atoms with Crippen LogP contribution in [0, 0.1) is 0 Å². The SMILES string of the molecule is COc1ccc(C(=O)NC2CCCC2)cc1S(=O)(=O)Nc1ccc(Br)cc1. The molecule has 0 unspecified atom stereocenters. The van der Waals surface area contributed by atoms with Crippen LogP contribution >= 0.6 is 15.9 Å². The molecule has 27 heavy (non-hydrogen) atoms. The lowest BCUT2D eigenvalue weighted by Crippen LogP contribution is -2.32. The highest BCUT2D eigenvalue weighted by molar-refractivity contribution is 9.10. The molecule has 3 rings (SSSR count). The molecule has 1 aliphatic rings. The standard InChI is InChI=1S/C19H21BrN2O4S/c1-26-17-11-6-13(19(23)21-15-4-2-3-5-15)12-18(17)27(24,25)22-16-9-7-14(20)8-10-16/h6-12,15,22H,2-5H2,1H3,(H,21,23). The minimum absolute atomic E-state index is 0.0769. The second kappa shape index (κ2) is 8.31. The van der Waals surface area contributed by atoms with Gasteiger partial charge in [-0.1, -0.05) is 28.8 Å². The van der Waals surface area contributed by atoms with Gasteiger partial charge in [0, 0.05) is 21.8 Å². The summed E-state index contributed by atoms with van der Waals surface area (Å²) in [5.41, 5.74) is 0.708. The molecule has 1 saturated carbocycles. The Hall–Kier alpha value is -2.06. The predicted octanol–water partition coefficient (Wildman–Crippen LogP) is 3.93. The maximum absolute atomic E-state index is 12.9. The minimum atomic E-state index is -3.92. The van der Waals surface area contributed by atoms with Crippen molar-refractivity contribution in [3.05, 3.63) is 52.5 Å². The van der Waals surface area contributed by atoms with E-state index in [1.54, 1.807) is 30.3 Å². The lowest BCUT2D eigenvalue weighted by molar-refractivity contribution is 0.0937. The Morgan fingerprint density at radius 2 is 1.78 bits per heavy atom. The Balaban J connectivity index is 1.87. The molecule has 0 bridgehead atoms. The van der Waals surface area contributed by atoms with Gasteiger partial charge in [0.1, 0.15) is 10.6 Å². The van der Waals surface area contributed by atoms with Crippen molar-refractivity contribution in [2.24, 2.45) is 0 Å². The van der Waals surface area contributed by atoms with Crippen molar-refractivity contribution in [1.29, 1.82) is 0 Å². The molecule has 0 radical (unpaired) electrons. The van der Waals surface area contributed by atoms with Gasteiger partial charge in [-0.3, -0.25) is 9.52 Å². The Morgan fingerprint density at radius 3 is 2.41 bits per heavy atom. The molecule has 144 valence electrons. The normalized spacial score (nSPS) is 14.7. The van der Waals surface area contributed by atoms with Crippen molar-refractivity contribution in [1.82, 2.24) is 5.32 Å². The Kier molecular flexibility index (Phi) is 6.06. The van der Waals surface area contributed by atoms with Crippen LogP contribution in [0.2, 0.25) is 0 Å². The molecule has 0 saturated heterocycles. The van der Waals surface area contributed by atoms with Crippen molar-refractivity contribution in [3.63, 3.8) is 0 Å². The maximum atomic E-state index is 12.9. The summed E-state index contributed by atoms with van der Waals surface area (Å²) >= 11 is 3.31. The lowest BCUT2D eigenvalue weighted by atomic mass is 10.1. The number of anilines is 1. The molecule has 2 N–H and O–H groups in total. The first-order valence-electron chi connectivity index (χ1n) is 8.66. The van der Waals surface area contributed by atoms with Gasteiger partial charge in [0.15, 0.2) is 0 Å². The van der Waals surface area contributed by atoms with Crippen LogP contribution in [0.25, 0.3) is 0 Å². The summed E-state index contributed by atoms with van der Waals surface area (Å²) in [5.74, 6) is -0.0957. The molecule has 0 aromatic heterocycles. The van der Waals surface area contributed by atoms with Crippen molar-refractivity contribution < 1.29 is 17.9 Å². The van der Waals surface area contributed by atoms with Crippen LogP contribution in [0.5, 0.6) is 5.75 Å². The van der Waals surface area contributed by atoms with Gasteiger partial charge < -0.3 is 10.1 Å². The van der Waals surface area contributed by atoms with Gasteiger partial charge in [0.25, 0.3) is 15.9 Å². The van der Waals surface area contributed by atoms with Crippen LogP contribution in [0.1, 0.15) is 36.0 Å². The molecule has 0 aliphatic heterocycles. The van der Waals surface area contributed by atoms with Gasteiger partial charge in [-0.05, 0) is 55.3 Å². The van der Waals surface area contributed by atoms with E-state index in [-0.39, 0.29) is 22.6 Å². The highest BCUT2D eigenvalue weighted by atomic mass is 79.9. The molecule has 0 atom stereocenters. The van der Waals surface area contributed by atoms with Crippen LogP contribution in [0.3, 0.4) is 0 Å². The van der Waals surface area contributed by atoms with Crippen molar-refractivity contribution in [3.8, 4) is 5.75 Å². The first-order chi connectivity index (χ1) is 12.9. The number of carbonyl (C=O) groups excluding carboxylic acids is 1. The van der Waals surface area contributed by atoms with E-state index in [0.29, 0.717) is 11.3 Å². The summed E-state index contributed by atoms with van der Waals surface area (Å²) in [6, 6.07) is 11.3. The zero-order valence-electron chi connectivity index (χ0n) is 14.9. The second-order valence-electron chi connectivity index (χ2n) is 6.43. The van der Waals surface area contributed by atoms with Crippen LogP contribution < -0.4 is 14.8 Å². The zero-order valence-corrected chi connectivity index (χ0v) is 17.3. The van der Waals surface area contributed by atoms with Gasteiger partial charge in [0.05, 0.1) is 7.11 Å². The third-order valence-corrected chi connectivity index (χ3v) is 6.43. The van der Waals surface area contributed by atoms with E-state index >= 15 is 0 Å². The van der Waals surface area contributed by atoms with E-state index in [0.717, 1.165) is 30.2 Å². The molecule has 0 spiro atoms. The van der Waals surface area contributed by atoms with Gasteiger partial charge in [-0.25, -0.2) is 8.42 Å². The summed E-state index contributed by atoms with van der Waals surface area (Å²) in [6.07, 6.45) is 4.12. The molecule has 0 heterocycles. The topological polar surface area (TPSA) is 84.5 Å². The van der Waals surface area contributed by atoms with Crippen molar-refractivity contribution in [2.75, 3.05) is 11.8 Å². The molecular formula is C19H21BrN2O4S. The fraction of sp³-hybridized carbons (Fsp3) is 0.316. The number of hydrogen-bond donors (Lipinski definition) is 2. The first-order valence-corrected chi connectivity index (χ1v) is 10.9. The third-order valence-electron chi connectivity index (χ3n) is 4.50. The smallest absolute Gasteiger partial charge is 0.265 e. The van der Waals surface area contributed by atoms with Crippen molar-refractivity contribution >= 4 is 37.5 Å². The molecule has 2 aromatic rings. The number of halogens is 1. The van der Waals surface area contributed by atoms with Gasteiger partial charge in [0.2, 0.25) is 0 Å². The number of benzene rings is 2. The predicted molar refractivity (Wildman–Crippen MR) is 108 cm³/mol. The highest BCUT2D eigenvalue weighted by Crippen LogP contribution is 2.28. The molecule has 1 amide bonds. The van der Waals surface area contributed by atoms with E-state index in [1.165, 1.54) is 19.2 Å². The summed E-state index contributed by atoms with van der Waals surface area (Å²) in [5, 5.41) is 2.97. The number of carbonyl (C=O) groups is 1. The van der Waals surface area contributed by atoms with E-state index in [2.05, 4.69) is 26.0 Å². The number of hydrogen-bond acceptors (Lipinski definition) is 4. The zero-order chi connectivity index (χ0) is 19.4. The quantitative estimate of drug-likeness (QED) is 0.694. The van der Waals surface area contributed by atoms with E-state index in [9.17, 15) is 13.2 Å². The van der Waals surface area contributed by atoms with Gasteiger partial charge in [-0.2, -0.15) is 0 Å². The highest BCUT2D eigenvalue weighted by Gasteiger charge is 2.23. The van der Waals surface area contributed by atoms with E-state index in [1.807, 2.05) is 0 Å². The van der Waals surface area contributed by atoms with Crippen LogP contribution in [-0.2, 0) is 10.0 Å². The Morgan fingerprint density at radius 1 is 1.11 bits per heavy atom. The molecule has 6 nitrogen and oxygen atoms in total. The first kappa shape index (κ1) is 19.7.